The predicted molar refractivity (Wildman–Crippen MR) is 64.1 cm³/mol. The first kappa shape index (κ1) is 10.3. The van der Waals surface area contributed by atoms with E-state index in [0.717, 1.165) is 12.5 Å². The van der Waals surface area contributed by atoms with Crippen LogP contribution in [0.15, 0.2) is 12.4 Å². The monoisotopic (exact) mass is 219 g/mol. The van der Waals surface area contributed by atoms with E-state index in [9.17, 15) is 0 Å². The Morgan fingerprint density at radius 3 is 2.94 bits per heavy atom. The van der Waals surface area contributed by atoms with Gasteiger partial charge in [0.15, 0.2) is 0 Å². The van der Waals surface area contributed by atoms with Gasteiger partial charge in [-0.05, 0) is 38.1 Å². The van der Waals surface area contributed by atoms with Crippen LogP contribution < -0.4 is 5.32 Å². The summed E-state index contributed by atoms with van der Waals surface area (Å²) >= 11 is 0. The third-order valence-corrected chi connectivity index (χ3v) is 4.18. The van der Waals surface area contributed by atoms with Gasteiger partial charge in [-0.15, -0.1) is 0 Å². The molecule has 3 nitrogen and oxygen atoms in total. The van der Waals surface area contributed by atoms with E-state index in [1.807, 2.05) is 6.20 Å². The number of rotatable bonds is 2. The number of imidazole rings is 1. The topological polar surface area (TPSA) is 29.9 Å². The summed E-state index contributed by atoms with van der Waals surface area (Å²) in [5.74, 6) is 2.09. The molecule has 3 heteroatoms. The van der Waals surface area contributed by atoms with E-state index >= 15 is 0 Å². The van der Waals surface area contributed by atoms with Gasteiger partial charge in [-0.1, -0.05) is 12.8 Å². The third-order valence-electron chi connectivity index (χ3n) is 4.18. The number of nitrogens with one attached hydrogen (secondary N) is 1. The van der Waals surface area contributed by atoms with E-state index in [4.69, 9.17) is 0 Å². The lowest BCUT2D eigenvalue weighted by Crippen LogP contribution is -2.45. The zero-order valence-corrected chi connectivity index (χ0v) is 10.1. The summed E-state index contributed by atoms with van der Waals surface area (Å²) in [5, 5.41) is 3.82. The molecule has 2 fully saturated rings. The van der Waals surface area contributed by atoms with E-state index in [1.165, 1.54) is 44.3 Å². The number of hydrogen-bond donors (Lipinski definition) is 1. The van der Waals surface area contributed by atoms with Crippen LogP contribution >= 0.6 is 0 Å². The normalized spacial score (nSPS) is 31.3. The van der Waals surface area contributed by atoms with Crippen molar-refractivity contribution < 1.29 is 0 Å². The Hall–Kier alpha value is -0.830. The third kappa shape index (κ3) is 1.58. The van der Waals surface area contributed by atoms with Crippen molar-refractivity contribution in [2.24, 2.45) is 13.0 Å². The molecular weight excluding hydrogens is 198 g/mol. The quantitative estimate of drug-likeness (QED) is 0.826. The van der Waals surface area contributed by atoms with Gasteiger partial charge in [0.2, 0.25) is 0 Å². The molecule has 1 aromatic rings. The van der Waals surface area contributed by atoms with Gasteiger partial charge in [0.1, 0.15) is 5.82 Å². The molecule has 0 spiro atoms. The van der Waals surface area contributed by atoms with E-state index < -0.39 is 0 Å². The Kier molecular flexibility index (Phi) is 2.51. The zero-order chi connectivity index (χ0) is 11.0. The van der Waals surface area contributed by atoms with Crippen LogP contribution in [0.3, 0.4) is 0 Å². The molecule has 1 saturated carbocycles. The van der Waals surface area contributed by atoms with Crippen LogP contribution in [0, 0.1) is 5.92 Å². The second-order valence-corrected chi connectivity index (χ2v) is 5.34. The minimum Gasteiger partial charge on any atom is -0.336 e. The summed E-state index contributed by atoms with van der Waals surface area (Å²) in [7, 11) is 2.12. The number of nitrogens with zero attached hydrogens (tertiary/aromatic N) is 2. The second kappa shape index (κ2) is 3.88. The summed E-state index contributed by atoms with van der Waals surface area (Å²) in [4.78, 5) is 4.62. The lowest BCUT2D eigenvalue weighted by Gasteiger charge is -2.33. The highest BCUT2D eigenvalue weighted by molar-refractivity contribution is 5.15. The standard InChI is InChI=1S/C13H21N3/c1-16-10-9-14-12(16)13(11-5-6-11)7-3-2-4-8-15-13/h9-11,15H,2-8H2,1H3. The van der Waals surface area contributed by atoms with E-state index in [0.29, 0.717) is 0 Å². The molecule has 0 amide bonds. The van der Waals surface area contributed by atoms with E-state index in [1.54, 1.807) is 0 Å². The predicted octanol–water partition coefficient (Wildman–Crippen LogP) is 2.19. The molecule has 88 valence electrons. The first-order valence-electron chi connectivity index (χ1n) is 6.56. The van der Waals surface area contributed by atoms with Crippen LogP contribution in [0.1, 0.15) is 44.3 Å². The Morgan fingerprint density at radius 1 is 1.38 bits per heavy atom. The Labute approximate surface area is 97.3 Å². The van der Waals surface area contributed by atoms with Gasteiger partial charge in [-0.3, -0.25) is 0 Å². The molecule has 1 aliphatic carbocycles. The molecule has 1 atom stereocenters. The molecule has 0 aromatic carbocycles. The minimum absolute atomic E-state index is 0.189. The molecule has 1 unspecified atom stereocenters. The van der Waals surface area contributed by atoms with E-state index in [2.05, 4.69) is 28.1 Å². The average molecular weight is 219 g/mol. The van der Waals surface area contributed by atoms with Crippen LogP contribution in [0.25, 0.3) is 0 Å². The highest BCUT2D eigenvalue weighted by atomic mass is 15.1. The van der Waals surface area contributed by atoms with Gasteiger partial charge in [0, 0.05) is 19.4 Å². The first-order valence-corrected chi connectivity index (χ1v) is 6.56. The van der Waals surface area contributed by atoms with Crippen LogP contribution in [-0.2, 0) is 12.6 Å². The molecular formula is C13H21N3. The molecule has 2 heterocycles. The van der Waals surface area contributed by atoms with Crippen molar-refractivity contribution in [3.05, 3.63) is 18.2 Å². The summed E-state index contributed by atoms with van der Waals surface area (Å²) in [6.45, 7) is 1.16. The molecule has 1 aromatic heterocycles. The molecule has 1 N–H and O–H groups in total. The largest absolute Gasteiger partial charge is 0.336 e. The van der Waals surface area contributed by atoms with Gasteiger partial charge < -0.3 is 9.88 Å². The highest BCUT2D eigenvalue weighted by Crippen LogP contribution is 2.48. The molecule has 1 aliphatic heterocycles. The molecule has 0 bridgehead atoms. The van der Waals surface area contributed by atoms with Gasteiger partial charge in [0.05, 0.1) is 5.54 Å². The highest BCUT2D eigenvalue weighted by Gasteiger charge is 2.48. The van der Waals surface area contributed by atoms with Crippen LogP contribution in [-0.4, -0.2) is 16.1 Å². The Bertz CT molecular complexity index is 357. The summed E-state index contributed by atoms with van der Waals surface area (Å²) in [6, 6.07) is 0. The number of aromatic nitrogens is 2. The zero-order valence-electron chi connectivity index (χ0n) is 10.1. The van der Waals surface area contributed by atoms with Gasteiger partial charge in [-0.25, -0.2) is 4.98 Å². The lowest BCUT2D eigenvalue weighted by molar-refractivity contribution is 0.255. The SMILES string of the molecule is Cn1ccnc1C1(C2CC2)CCCCCN1. The van der Waals surface area contributed by atoms with Gasteiger partial charge in [-0.2, -0.15) is 0 Å². The number of aryl methyl sites for hydroxylation is 1. The summed E-state index contributed by atoms with van der Waals surface area (Å²) in [5.41, 5.74) is 0.189. The maximum Gasteiger partial charge on any atom is 0.129 e. The van der Waals surface area contributed by atoms with Crippen LogP contribution in [0.2, 0.25) is 0 Å². The van der Waals surface area contributed by atoms with Crippen molar-refractivity contribution in [3.63, 3.8) is 0 Å². The van der Waals surface area contributed by atoms with Crippen LogP contribution in [0.5, 0.6) is 0 Å². The van der Waals surface area contributed by atoms with Crippen LogP contribution in [0.4, 0.5) is 0 Å². The van der Waals surface area contributed by atoms with Crippen molar-refractivity contribution in [1.82, 2.24) is 14.9 Å². The fourth-order valence-corrected chi connectivity index (χ4v) is 3.20. The van der Waals surface area contributed by atoms with Gasteiger partial charge in [0.25, 0.3) is 0 Å². The smallest absolute Gasteiger partial charge is 0.129 e. The second-order valence-electron chi connectivity index (χ2n) is 5.34. The maximum atomic E-state index is 4.62. The van der Waals surface area contributed by atoms with Crippen molar-refractivity contribution in [2.75, 3.05) is 6.54 Å². The van der Waals surface area contributed by atoms with Crippen molar-refractivity contribution in [3.8, 4) is 0 Å². The Balaban J connectivity index is 1.98. The average Bonchev–Trinajstić information content (AvgIpc) is 3.07. The van der Waals surface area contributed by atoms with Gasteiger partial charge >= 0.3 is 0 Å². The molecule has 0 radical (unpaired) electrons. The summed E-state index contributed by atoms with van der Waals surface area (Å²) < 4.78 is 2.20. The van der Waals surface area contributed by atoms with Crippen molar-refractivity contribution in [2.45, 2.75) is 44.1 Å². The first-order chi connectivity index (χ1) is 7.83. The van der Waals surface area contributed by atoms with E-state index in [-0.39, 0.29) is 5.54 Å². The van der Waals surface area contributed by atoms with Crippen molar-refractivity contribution >= 4 is 0 Å². The molecule has 16 heavy (non-hydrogen) atoms. The number of hydrogen-bond acceptors (Lipinski definition) is 2. The lowest BCUT2D eigenvalue weighted by atomic mass is 9.87. The van der Waals surface area contributed by atoms with Crippen molar-refractivity contribution in [1.29, 1.82) is 0 Å². The molecule has 3 rings (SSSR count). The minimum atomic E-state index is 0.189. The summed E-state index contributed by atoms with van der Waals surface area (Å²) in [6.07, 6.45) is 12.1. The fourth-order valence-electron chi connectivity index (χ4n) is 3.20. The fraction of sp³-hybridized carbons (Fsp3) is 0.769. The maximum absolute atomic E-state index is 4.62. The molecule has 1 saturated heterocycles. The molecule has 2 aliphatic rings. The Morgan fingerprint density at radius 2 is 2.25 bits per heavy atom.